The van der Waals surface area contributed by atoms with E-state index < -0.39 is 10.0 Å². The van der Waals surface area contributed by atoms with E-state index in [1.54, 1.807) is 29.7 Å². The first kappa shape index (κ1) is 25.2. The Balaban J connectivity index is 1.33. The SMILES string of the molecule is Cc1cc2c(cnn2-c2ccc(F)cc2)cc1[C@]12CC(c3ccccc3)C[C@H]1CN(S(=O)(=O)c1cnn(C)c1)C2. The molecule has 0 N–H and O–H groups in total. The molecule has 3 atom stereocenters. The Morgan fingerprint density at radius 2 is 1.77 bits per heavy atom. The number of sulfonamides is 1. The lowest BCUT2D eigenvalue weighted by Gasteiger charge is -2.32. The van der Waals surface area contributed by atoms with Crippen molar-refractivity contribution < 1.29 is 12.8 Å². The van der Waals surface area contributed by atoms with Gasteiger partial charge in [-0.05, 0) is 84.7 Å². The molecule has 1 aliphatic carbocycles. The number of benzene rings is 3. The minimum Gasteiger partial charge on any atom is -0.274 e. The molecule has 0 amide bonds. The highest BCUT2D eigenvalue weighted by Gasteiger charge is 2.56. The van der Waals surface area contributed by atoms with Gasteiger partial charge in [-0.25, -0.2) is 17.5 Å². The number of aryl methyl sites for hydroxylation is 2. The van der Waals surface area contributed by atoms with Gasteiger partial charge in [-0.1, -0.05) is 30.3 Å². The van der Waals surface area contributed by atoms with Crippen LogP contribution >= 0.6 is 0 Å². The van der Waals surface area contributed by atoms with Gasteiger partial charge in [0.2, 0.25) is 10.0 Å². The second-order valence-corrected chi connectivity index (χ2v) is 13.2. The summed E-state index contributed by atoms with van der Waals surface area (Å²) in [4.78, 5) is 0.234. The van der Waals surface area contributed by atoms with Crippen LogP contribution in [0.1, 0.15) is 35.4 Å². The van der Waals surface area contributed by atoms with E-state index in [9.17, 15) is 12.8 Å². The molecule has 204 valence electrons. The molecule has 1 unspecified atom stereocenters. The summed E-state index contributed by atoms with van der Waals surface area (Å²) < 4.78 is 46.0. The molecule has 5 aromatic rings. The van der Waals surface area contributed by atoms with Crippen molar-refractivity contribution in [2.75, 3.05) is 13.1 Å². The summed E-state index contributed by atoms with van der Waals surface area (Å²) in [6.07, 6.45) is 6.65. The molecule has 1 saturated heterocycles. The molecule has 9 heteroatoms. The molecular formula is C31H30FN5O2S. The van der Waals surface area contributed by atoms with Crippen LogP contribution in [0.4, 0.5) is 4.39 Å². The third-order valence-corrected chi connectivity index (χ3v) is 10.7. The lowest BCUT2D eigenvalue weighted by Crippen LogP contribution is -2.35. The highest BCUT2D eigenvalue weighted by molar-refractivity contribution is 7.89. The molecule has 2 fully saturated rings. The van der Waals surface area contributed by atoms with Crippen LogP contribution in [0.5, 0.6) is 0 Å². The fourth-order valence-electron chi connectivity index (χ4n) is 7.09. The Morgan fingerprint density at radius 1 is 1.00 bits per heavy atom. The predicted octanol–water partition coefficient (Wildman–Crippen LogP) is 5.34. The smallest absolute Gasteiger partial charge is 0.246 e. The Hall–Kier alpha value is -3.82. The third kappa shape index (κ3) is 3.90. The van der Waals surface area contributed by atoms with Crippen LogP contribution in [-0.4, -0.2) is 45.4 Å². The van der Waals surface area contributed by atoms with Gasteiger partial charge in [0.25, 0.3) is 0 Å². The lowest BCUT2D eigenvalue weighted by atomic mass is 9.72. The average molecular weight is 556 g/mol. The van der Waals surface area contributed by atoms with Crippen molar-refractivity contribution in [2.45, 2.75) is 36.0 Å². The van der Waals surface area contributed by atoms with Gasteiger partial charge in [0.1, 0.15) is 10.7 Å². The van der Waals surface area contributed by atoms with Crippen LogP contribution < -0.4 is 0 Å². The number of hydrogen-bond acceptors (Lipinski definition) is 4. The fraction of sp³-hybridized carbons (Fsp3) is 0.290. The van der Waals surface area contributed by atoms with Crippen molar-refractivity contribution in [2.24, 2.45) is 13.0 Å². The van der Waals surface area contributed by atoms with Gasteiger partial charge in [-0.2, -0.15) is 14.5 Å². The number of aromatic nitrogens is 4. The van der Waals surface area contributed by atoms with Crippen molar-refractivity contribution in [1.29, 1.82) is 0 Å². The van der Waals surface area contributed by atoms with Gasteiger partial charge >= 0.3 is 0 Å². The molecule has 2 aromatic heterocycles. The Bertz CT molecular complexity index is 1830. The topological polar surface area (TPSA) is 73.0 Å². The van der Waals surface area contributed by atoms with Gasteiger partial charge in [0, 0.05) is 37.1 Å². The van der Waals surface area contributed by atoms with Crippen molar-refractivity contribution in [3.05, 3.63) is 108 Å². The molecule has 3 aromatic carbocycles. The largest absolute Gasteiger partial charge is 0.274 e. The predicted molar refractivity (Wildman–Crippen MR) is 151 cm³/mol. The van der Waals surface area contributed by atoms with Crippen LogP contribution in [-0.2, 0) is 22.5 Å². The number of rotatable bonds is 5. The molecule has 0 bridgehead atoms. The Morgan fingerprint density at radius 3 is 2.50 bits per heavy atom. The first-order valence-corrected chi connectivity index (χ1v) is 15.0. The van der Waals surface area contributed by atoms with Crippen LogP contribution in [0.15, 0.2) is 90.2 Å². The summed E-state index contributed by atoms with van der Waals surface area (Å²) in [7, 11) is -1.95. The summed E-state index contributed by atoms with van der Waals surface area (Å²) in [5.74, 6) is 0.240. The van der Waals surface area contributed by atoms with Crippen LogP contribution in [0, 0.1) is 18.7 Å². The van der Waals surface area contributed by atoms with E-state index in [4.69, 9.17) is 0 Å². The highest BCUT2D eigenvalue weighted by Crippen LogP contribution is 2.57. The summed E-state index contributed by atoms with van der Waals surface area (Å²) in [6.45, 7) is 3.01. The number of nitrogens with zero attached hydrogens (tertiary/aromatic N) is 5. The zero-order valence-corrected chi connectivity index (χ0v) is 23.2. The van der Waals surface area contributed by atoms with Crippen molar-refractivity contribution in [3.63, 3.8) is 0 Å². The van der Waals surface area contributed by atoms with Crippen molar-refractivity contribution >= 4 is 20.9 Å². The molecule has 3 heterocycles. The summed E-state index contributed by atoms with van der Waals surface area (Å²) in [5.41, 5.74) is 5.00. The maximum Gasteiger partial charge on any atom is 0.246 e. The van der Waals surface area contributed by atoms with Gasteiger partial charge in [0.05, 0.1) is 23.6 Å². The fourth-order valence-corrected chi connectivity index (χ4v) is 8.63. The molecular weight excluding hydrogens is 525 g/mol. The second kappa shape index (κ2) is 9.11. The molecule has 7 rings (SSSR count). The normalized spacial score (nSPS) is 23.2. The minimum absolute atomic E-state index is 0.174. The molecule has 0 radical (unpaired) electrons. The van der Waals surface area contributed by atoms with E-state index in [0.717, 1.165) is 35.0 Å². The number of halogens is 1. The molecule has 7 nitrogen and oxygen atoms in total. The molecule has 1 aliphatic heterocycles. The van der Waals surface area contributed by atoms with Crippen LogP contribution in [0.2, 0.25) is 0 Å². The zero-order chi connectivity index (χ0) is 27.6. The monoisotopic (exact) mass is 555 g/mol. The quantitative estimate of drug-likeness (QED) is 0.293. The second-order valence-electron chi connectivity index (χ2n) is 11.3. The van der Waals surface area contributed by atoms with Gasteiger partial charge in [0.15, 0.2) is 0 Å². The van der Waals surface area contributed by atoms with E-state index in [-0.39, 0.29) is 22.0 Å². The Labute approximate surface area is 232 Å². The summed E-state index contributed by atoms with van der Waals surface area (Å²) in [6, 6.07) is 21.2. The molecule has 1 saturated carbocycles. The third-order valence-electron chi connectivity index (χ3n) is 8.96. The van der Waals surface area contributed by atoms with E-state index in [1.807, 2.05) is 16.9 Å². The van der Waals surface area contributed by atoms with Crippen molar-refractivity contribution in [1.82, 2.24) is 23.9 Å². The first-order chi connectivity index (χ1) is 19.2. The van der Waals surface area contributed by atoms with E-state index in [0.29, 0.717) is 19.0 Å². The number of fused-ring (bicyclic) bond motifs is 2. The number of hydrogen-bond donors (Lipinski definition) is 0. The van der Waals surface area contributed by atoms with Gasteiger partial charge < -0.3 is 0 Å². The molecule has 0 spiro atoms. The van der Waals surface area contributed by atoms with Gasteiger partial charge in [-0.15, -0.1) is 0 Å². The van der Waals surface area contributed by atoms with E-state index in [2.05, 4.69) is 53.5 Å². The van der Waals surface area contributed by atoms with E-state index in [1.165, 1.54) is 34.1 Å². The summed E-state index contributed by atoms with van der Waals surface area (Å²) >= 11 is 0. The van der Waals surface area contributed by atoms with Crippen LogP contribution in [0.3, 0.4) is 0 Å². The van der Waals surface area contributed by atoms with Crippen LogP contribution in [0.25, 0.3) is 16.6 Å². The van der Waals surface area contributed by atoms with Crippen molar-refractivity contribution in [3.8, 4) is 5.69 Å². The minimum atomic E-state index is -3.68. The maximum atomic E-state index is 13.7. The maximum absolute atomic E-state index is 13.7. The summed E-state index contributed by atoms with van der Waals surface area (Å²) in [5, 5.41) is 9.72. The average Bonchev–Trinajstić information content (AvgIpc) is 3.71. The zero-order valence-electron chi connectivity index (χ0n) is 22.4. The highest BCUT2D eigenvalue weighted by atomic mass is 32.2. The first-order valence-electron chi connectivity index (χ1n) is 13.5. The van der Waals surface area contributed by atoms with Gasteiger partial charge in [-0.3, -0.25) is 4.68 Å². The standard InChI is InChI=1S/C31H30FN5O2S/c1-21-12-30-24(16-34-37(30)27-10-8-26(32)9-11-27)14-29(21)31-15-23(22-6-4-3-5-7-22)13-25(31)18-36(20-31)40(38,39)28-17-33-35(2)19-28/h3-12,14,16-17,19,23,25H,13,15,18,20H2,1-2H3/t23?,25-,31-/m0/s1. The van der Waals surface area contributed by atoms with E-state index >= 15 is 0 Å². The molecule has 40 heavy (non-hydrogen) atoms. The lowest BCUT2D eigenvalue weighted by molar-refractivity contribution is 0.388. The molecule has 2 aliphatic rings. The Kier molecular flexibility index (Phi) is 5.73.